The third kappa shape index (κ3) is 3.16. The van der Waals surface area contributed by atoms with E-state index in [2.05, 4.69) is 142 Å². The van der Waals surface area contributed by atoms with Crippen LogP contribution >= 0.6 is 15.9 Å². The molecular weight excluding hydrogens is 494 g/mol. The topological polar surface area (TPSA) is 16.4 Å². The highest BCUT2D eigenvalue weighted by Crippen LogP contribution is 2.48. The molecule has 166 valence electrons. The predicted molar refractivity (Wildman–Crippen MR) is 151 cm³/mol. The third-order valence-corrected chi connectivity index (χ3v) is 7.48. The molecule has 0 saturated heterocycles. The Morgan fingerprint density at radius 1 is 0.543 bits per heavy atom. The van der Waals surface area contributed by atoms with Gasteiger partial charge in [-0.05, 0) is 68.5 Å². The molecule has 6 aromatic carbocycles. The fourth-order valence-corrected chi connectivity index (χ4v) is 5.87. The predicted octanol–water partition coefficient (Wildman–Crippen LogP) is 10.1. The quantitative estimate of drug-likeness (QED) is 0.233. The van der Waals surface area contributed by atoms with Gasteiger partial charge in [-0.15, -0.1) is 0 Å². The number of anilines is 3. The van der Waals surface area contributed by atoms with Gasteiger partial charge < -0.3 is 9.32 Å². The minimum Gasteiger partial charge on any atom is -0.454 e. The molecule has 7 rings (SSSR count). The fourth-order valence-electron chi connectivity index (χ4n) is 5.10. The molecule has 7 aromatic rings. The van der Waals surface area contributed by atoms with Gasteiger partial charge in [0.15, 0.2) is 5.58 Å². The van der Waals surface area contributed by atoms with Crippen molar-refractivity contribution in [2.45, 2.75) is 0 Å². The molecule has 0 fully saturated rings. The van der Waals surface area contributed by atoms with Gasteiger partial charge in [0.1, 0.15) is 5.58 Å². The van der Waals surface area contributed by atoms with Crippen LogP contribution in [0.3, 0.4) is 0 Å². The summed E-state index contributed by atoms with van der Waals surface area (Å²) in [6.45, 7) is 0. The van der Waals surface area contributed by atoms with Crippen LogP contribution in [0.2, 0.25) is 0 Å². The van der Waals surface area contributed by atoms with Crippen LogP contribution in [0.4, 0.5) is 17.1 Å². The molecule has 0 atom stereocenters. The summed E-state index contributed by atoms with van der Waals surface area (Å²) in [5.41, 5.74) is 4.97. The normalized spacial score (nSPS) is 11.6. The van der Waals surface area contributed by atoms with Crippen molar-refractivity contribution >= 4 is 76.5 Å². The Balaban J connectivity index is 1.68. The molecule has 0 unspecified atom stereocenters. The summed E-state index contributed by atoms with van der Waals surface area (Å²) in [5.74, 6) is 0. The minimum atomic E-state index is 0.877. The molecule has 0 aliphatic rings. The second kappa shape index (κ2) is 8.00. The van der Waals surface area contributed by atoms with E-state index in [9.17, 15) is 0 Å². The van der Waals surface area contributed by atoms with Crippen LogP contribution in [-0.2, 0) is 0 Å². The SMILES string of the molecule is Brc1c2ccccc2cc2oc3c(N(c4ccccc4)c4ccccc4)c4ccccc4cc3c12. The summed E-state index contributed by atoms with van der Waals surface area (Å²) in [4.78, 5) is 2.31. The number of furan rings is 1. The highest BCUT2D eigenvalue weighted by molar-refractivity contribution is 9.10. The van der Waals surface area contributed by atoms with E-state index in [1.54, 1.807) is 0 Å². The van der Waals surface area contributed by atoms with Gasteiger partial charge in [-0.1, -0.05) is 84.9 Å². The van der Waals surface area contributed by atoms with Gasteiger partial charge in [0.05, 0.1) is 5.69 Å². The van der Waals surface area contributed by atoms with Crippen molar-refractivity contribution in [1.29, 1.82) is 0 Å². The summed E-state index contributed by atoms with van der Waals surface area (Å²) >= 11 is 3.92. The van der Waals surface area contributed by atoms with Crippen molar-refractivity contribution in [1.82, 2.24) is 0 Å². The van der Waals surface area contributed by atoms with E-state index in [4.69, 9.17) is 4.42 Å². The maximum Gasteiger partial charge on any atom is 0.160 e. The lowest BCUT2D eigenvalue weighted by Crippen LogP contribution is -2.10. The second-order valence-electron chi connectivity index (χ2n) is 8.72. The van der Waals surface area contributed by atoms with Crippen molar-refractivity contribution in [3.63, 3.8) is 0 Å². The Labute approximate surface area is 211 Å². The summed E-state index contributed by atoms with van der Waals surface area (Å²) in [6.07, 6.45) is 0. The standard InChI is InChI=1S/C32H20BrNO/c33-30-25-17-9-7-12-22(25)20-28-29(30)27-19-21-11-8-10-18-26(21)31(32(27)35-28)34(23-13-3-1-4-14-23)24-15-5-2-6-16-24/h1-20H. The van der Waals surface area contributed by atoms with E-state index in [1.807, 2.05) is 0 Å². The molecule has 0 spiro atoms. The van der Waals surface area contributed by atoms with Crippen LogP contribution in [0.1, 0.15) is 0 Å². The van der Waals surface area contributed by atoms with Gasteiger partial charge in [-0.3, -0.25) is 0 Å². The molecular formula is C32H20BrNO. The van der Waals surface area contributed by atoms with Crippen LogP contribution in [0.5, 0.6) is 0 Å². The number of benzene rings is 6. The molecule has 0 bridgehead atoms. The lowest BCUT2D eigenvalue weighted by Gasteiger charge is -2.26. The first-order valence-corrected chi connectivity index (χ1v) is 12.4. The number of para-hydroxylation sites is 2. The van der Waals surface area contributed by atoms with Gasteiger partial charge in [0, 0.05) is 32.0 Å². The van der Waals surface area contributed by atoms with Crippen LogP contribution in [0.25, 0.3) is 43.5 Å². The molecule has 35 heavy (non-hydrogen) atoms. The minimum absolute atomic E-state index is 0.877. The van der Waals surface area contributed by atoms with E-state index in [0.717, 1.165) is 54.2 Å². The Morgan fingerprint density at radius 3 is 1.74 bits per heavy atom. The smallest absolute Gasteiger partial charge is 0.160 e. The Morgan fingerprint density at radius 2 is 1.09 bits per heavy atom. The van der Waals surface area contributed by atoms with Gasteiger partial charge in [0.25, 0.3) is 0 Å². The molecule has 2 nitrogen and oxygen atoms in total. The molecule has 0 aliphatic heterocycles. The number of halogens is 1. The van der Waals surface area contributed by atoms with Crippen molar-refractivity contribution in [3.8, 4) is 0 Å². The highest BCUT2D eigenvalue weighted by Gasteiger charge is 2.23. The highest BCUT2D eigenvalue weighted by atomic mass is 79.9. The summed E-state index contributed by atoms with van der Waals surface area (Å²) in [5, 5.41) is 6.86. The Bertz CT molecular complexity index is 1820. The van der Waals surface area contributed by atoms with Crippen molar-refractivity contribution < 1.29 is 4.42 Å². The van der Waals surface area contributed by atoms with Gasteiger partial charge in [-0.25, -0.2) is 0 Å². The molecule has 1 aromatic heterocycles. The first-order chi connectivity index (χ1) is 17.3. The number of nitrogens with zero attached hydrogens (tertiary/aromatic N) is 1. The molecule has 0 radical (unpaired) electrons. The van der Waals surface area contributed by atoms with Crippen LogP contribution in [0, 0.1) is 0 Å². The molecule has 0 aliphatic carbocycles. The van der Waals surface area contributed by atoms with Gasteiger partial charge >= 0.3 is 0 Å². The van der Waals surface area contributed by atoms with Crippen molar-refractivity contribution in [2.75, 3.05) is 4.90 Å². The van der Waals surface area contributed by atoms with E-state index in [1.165, 1.54) is 10.8 Å². The number of hydrogen-bond donors (Lipinski definition) is 0. The molecule has 1 heterocycles. The Kier molecular flexibility index (Phi) is 4.64. The zero-order valence-corrected chi connectivity index (χ0v) is 20.4. The molecule has 0 N–H and O–H groups in total. The third-order valence-electron chi connectivity index (χ3n) is 6.66. The van der Waals surface area contributed by atoms with E-state index >= 15 is 0 Å². The summed E-state index contributed by atoms with van der Waals surface area (Å²) in [6, 6.07) is 42.4. The van der Waals surface area contributed by atoms with Crippen molar-refractivity contribution in [3.05, 3.63) is 126 Å². The van der Waals surface area contributed by atoms with E-state index in [-0.39, 0.29) is 0 Å². The summed E-state index contributed by atoms with van der Waals surface area (Å²) < 4.78 is 7.80. The Hall–Kier alpha value is -4.08. The zero-order chi connectivity index (χ0) is 23.4. The van der Waals surface area contributed by atoms with Crippen molar-refractivity contribution in [2.24, 2.45) is 0 Å². The number of fused-ring (bicyclic) bond motifs is 5. The first-order valence-electron chi connectivity index (χ1n) is 11.6. The van der Waals surface area contributed by atoms with E-state index < -0.39 is 0 Å². The lowest BCUT2D eigenvalue weighted by atomic mass is 10.0. The molecule has 0 saturated carbocycles. The number of hydrogen-bond acceptors (Lipinski definition) is 2. The van der Waals surface area contributed by atoms with E-state index in [0.29, 0.717) is 0 Å². The monoisotopic (exact) mass is 513 g/mol. The second-order valence-corrected chi connectivity index (χ2v) is 9.51. The maximum absolute atomic E-state index is 6.73. The fraction of sp³-hybridized carbons (Fsp3) is 0. The number of rotatable bonds is 3. The van der Waals surface area contributed by atoms with Crippen LogP contribution in [-0.4, -0.2) is 0 Å². The van der Waals surface area contributed by atoms with Crippen LogP contribution in [0.15, 0.2) is 130 Å². The maximum atomic E-state index is 6.73. The molecule has 3 heteroatoms. The van der Waals surface area contributed by atoms with Gasteiger partial charge in [0.2, 0.25) is 0 Å². The average Bonchev–Trinajstić information content (AvgIpc) is 3.28. The molecule has 0 amide bonds. The first kappa shape index (κ1) is 20.3. The van der Waals surface area contributed by atoms with Crippen LogP contribution < -0.4 is 4.90 Å². The zero-order valence-electron chi connectivity index (χ0n) is 18.8. The lowest BCUT2D eigenvalue weighted by molar-refractivity contribution is 0.670. The summed E-state index contributed by atoms with van der Waals surface area (Å²) in [7, 11) is 0. The average molecular weight is 514 g/mol. The van der Waals surface area contributed by atoms with Gasteiger partial charge in [-0.2, -0.15) is 0 Å². The largest absolute Gasteiger partial charge is 0.454 e.